The van der Waals surface area contributed by atoms with Crippen molar-refractivity contribution in [2.24, 2.45) is 11.8 Å². The van der Waals surface area contributed by atoms with Crippen LogP contribution in [0.25, 0.3) is 11.3 Å². The lowest BCUT2D eigenvalue weighted by Crippen LogP contribution is -2.19. The zero-order valence-corrected chi connectivity index (χ0v) is 15.8. The number of hydrogen-bond acceptors (Lipinski definition) is 4. The molecule has 2 aromatic rings. The molecule has 2 rings (SSSR count). The van der Waals surface area contributed by atoms with Gasteiger partial charge in [-0.05, 0) is 30.5 Å². The Morgan fingerprint density at radius 2 is 1.84 bits per heavy atom. The van der Waals surface area contributed by atoms with E-state index in [4.69, 9.17) is 9.47 Å². The number of H-pyrrole nitrogens is 1. The Bertz CT molecular complexity index is 736. The summed E-state index contributed by atoms with van der Waals surface area (Å²) in [5, 5.41) is 10.5. The predicted octanol–water partition coefficient (Wildman–Crippen LogP) is 3.89. The van der Waals surface area contributed by atoms with Gasteiger partial charge in [0, 0.05) is 11.5 Å². The molecule has 136 valence electrons. The van der Waals surface area contributed by atoms with Gasteiger partial charge in [-0.1, -0.05) is 27.7 Å². The van der Waals surface area contributed by atoms with Crippen molar-refractivity contribution in [3.05, 3.63) is 23.9 Å². The molecular weight excluding hydrogens is 318 g/mol. The molecule has 1 aromatic carbocycles. The molecule has 0 radical (unpaired) electrons. The van der Waals surface area contributed by atoms with Gasteiger partial charge in [-0.2, -0.15) is 5.10 Å². The number of carbonyl (C=O) groups is 1. The summed E-state index contributed by atoms with van der Waals surface area (Å²) in [7, 11) is 3.19. The molecular formula is C19H27N3O3. The van der Waals surface area contributed by atoms with Gasteiger partial charge in [0.05, 0.1) is 25.6 Å². The molecule has 0 aliphatic carbocycles. The molecule has 1 aromatic heterocycles. The van der Waals surface area contributed by atoms with Crippen molar-refractivity contribution in [1.29, 1.82) is 0 Å². The lowest BCUT2D eigenvalue weighted by atomic mass is 10.0. The average Bonchev–Trinajstić information content (AvgIpc) is 2.95. The van der Waals surface area contributed by atoms with Crippen molar-refractivity contribution >= 4 is 11.6 Å². The molecule has 1 amide bonds. The van der Waals surface area contributed by atoms with Crippen LogP contribution in [0.3, 0.4) is 0 Å². The van der Waals surface area contributed by atoms with Crippen molar-refractivity contribution in [3.63, 3.8) is 0 Å². The second-order valence-electron chi connectivity index (χ2n) is 6.74. The molecule has 0 fully saturated rings. The monoisotopic (exact) mass is 345 g/mol. The Morgan fingerprint density at radius 1 is 1.16 bits per heavy atom. The maximum atomic E-state index is 12.3. The molecule has 0 aliphatic heterocycles. The maximum absolute atomic E-state index is 12.3. The van der Waals surface area contributed by atoms with Crippen molar-refractivity contribution in [3.8, 4) is 22.8 Å². The van der Waals surface area contributed by atoms with Crippen LogP contribution in [0.15, 0.2) is 18.2 Å². The van der Waals surface area contributed by atoms with E-state index in [2.05, 4.69) is 29.4 Å². The van der Waals surface area contributed by atoms with Gasteiger partial charge in [-0.3, -0.25) is 9.89 Å². The van der Waals surface area contributed by atoms with Crippen LogP contribution in [0.2, 0.25) is 0 Å². The number of carbonyl (C=O) groups excluding carboxylic acids is 1. The molecule has 0 saturated heterocycles. The van der Waals surface area contributed by atoms with E-state index in [1.54, 1.807) is 14.2 Å². The van der Waals surface area contributed by atoms with Crippen LogP contribution in [0.4, 0.5) is 5.69 Å². The van der Waals surface area contributed by atoms with Crippen LogP contribution in [-0.4, -0.2) is 30.3 Å². The summed E-state index contributed by atoms with van der Waals surface area (Å²) in [5.41, 5.74) is 3.21. The van der Waals surface area contributed by atoms with E-state index < -0.39 is 0 Å². The van der Waals surface area contributed by atoms with Gasteiger partial charge in [0.1, 0.15) is 5.69 Å². The van der Waals surface area contributed by atoms with Gasteiger partial charge in [0.2, 0.25) is 5.91 Å². The fourth-order valence-corrected chi connectivity index (χ4v) is 2.53. The zero-order valence-electron chi connectivity index (χ0n) is 15.8. The number of hydrogen-bond donors (Lipinski definition) is 2. The van der Waals surface area contributed by atoms with E-state index in [1.165, 1.54) is 0 Å². The van der Waals surface area contributed by atoms with Crippen molar-refractivity contribution < 1.29 is 14.3 Å². The number of methoxy groups -OCH3 is 2. The Balaban J connectivity index is 2.49. The van der Waals surface area contributed by atoms with E-state index in [0.717, 1.165) is 23.4 Å². The third-order valence-electron chi connectivity index (χ3n) is 3.88. The lowest BCUT2D eigenvalue weighted by molar-refractivity contribution is -0.118. The smallest absolute Gasteiger partial charge is 0.227 e. The first-order chi connectivity index (χ1) is 11.9. The zero-order chi connectivity index (χ0) is 18.6. The van der Waals surface area contributed by atoms with Gasteiger partial charge in [0.25, 0.3) is 0 Å². The third kappa shape index (κ3) is 4.32. The molecule has 0 aliphatic rings. The molecule has 1 heterocycles. The van der Waals surface area contributed by atoms with Crippen LogP contribution < -0.4 is 14.8 Å². The number of benzene rings is 1. The van der Waals surface area contributed by atoms with E-state index in [9.17, 15) is 4.79 Å². The molecule has 0 saturated carbocycles. The number of amides is 1. The number of nitrogens with one attached hydrogen (secondary N) is 2. The van der Waals surface area contributed by atoms with Crippen molar-refractivity contribution in [2.75, 3.05) is 19.5 Å². The topological polar surface area (TPSA) is 76.2 Å². The molecule has 6 heteroatoms. The number of rotatable bonds is 7. The molecule has 6 nitrogen and oxygen atoms in total. The fraction of sp³-hybridized carbons (Fsp3) is 0.474. The van der Waals surface area contributed by atoms with Gasteiger partial charge < -0.3 is 14.8 Å². The van der Waals surface area contributed by atoms with Gasteiger partial charge in [-0.25, -0.2) is 0 Å². The molecule has 0 atom stereocenters. The first kappa shape index (κ1) is 18.8. The quantitative estimate of drug-likeness (QED) is 0.798. The normalized spacial score (nSPS) is 11.0. The molecule has 0 unspecified atom stereocenters. The lowest BCUT2D eigenvalue weighted by Gasteiger charge is -2.13. The second-order valence-corrected chi connectivity index (χ2v) is 6.74. The summed E-state index contributed by atoms with van der Waals surface area (Å²) in [6.45, 7) is 8.00. The Labute approximate surface area is 148 Å². The maximum Gasteiger partial charge on any atom is 0.227 e. The minimum Gasteiger partial charge on any atom is -0.493 e. The summed E-state index contributed by atoms with van der Waals surface area (Å²) < 4.78 is 10.7. The summed E-state index contributed by atoms with van der Waals surface area (Å²) in [5.74, 6) is 1.56. The van der Waals surface area contributed by atoms with E-state index in [0.29, 0.717) is 23.1 Å². The first-order valence-corrected chi connectivity index (χ1v) is 8.47. The van der Waals surface area contributed by atoms with Gasteiger partial charge >= 0.3 is 0 Å². The van der Waals surface area contributed by atoms with E-state index in [1.807, 2.05) is 32.0 Å². The summed E-state index contributed by atoms with van der Waals surface area (Å²) >= 11 is 0. The van der Waals surface area contributed by atoms with Crippen LogP contribution in [0.1, 0.15) is 33.4 Å². The third-order valence-corrected chi connectivity index (χ3v) is 3.88. The number of nitrogens with zero attached hydrogens (tertiary/aromatic N) is 1. The van der Waals surface area contributed by atoms with Crippen LogP contribution in [0.5, 0.6) is 11.5 Å². The van der Waals surface area contributed by atoms with E-state index >= 15 is 0 Å². The Kier molecular flexibility index (Phi) is 6.07. The standard InChI is InChI=1S/C19H27N3O3/c1-11(2)9-14-18(20-19(23)12(3)4)17(22-21-14)13-7-8-15(24-5)16(10-13)25-6/h7-8,10-12H,9H2,1-6H3,(H,20,23)(H,21,22). The minimum absolute atomic E-state index is 0.0341. The van der Waals surface area contributed by atoms with Crippen LogP contribution in [-0.2, 0) is 11.2 Å². The molecule has 25 heavy (non-hydrogen) atoms. The SMILES string of the molecule is COc1ccc(-c2n[nH]c(CC(C)C)c2NC(=O)C(C)C)cc1OC. The Hall–Kier alpha value is -2.50. The largest absolute Gasteiger partial charge is 0.493 e. The molecule has 0 bridgehead atoms. The first-order valence-electron chi connectivity index (χ1n) is 8.47. The van der Waals surface area contributed by atoms with Crippen LogP contribution >= 0.6 is 0 Å². The number of aromatic amines is 1. The highest BCUT2D eigenvalue weighted by Crippen LogP contribution is 2.36. The highest BCUT2D eigenvalue weighted by atomic mass is 16.5. The van der Waals surface area contributed by atoms with Crippen LogP contribution in [0, 0.1) is 11.8 Å². The second kappa shape index (κ2) is 8.05. The fourth-order valence-electron chi connectivity index (χ4n) is 2.53. The average molecular weight is 345 g/mol. The highest BCUT2D eigenvalue weighted by Gasteiger charge is 2.20. The summed E-state index contributed by atoms with van der Waals surface area (Å²) in [6.07, 6.45) is 0.800. The predicted molar refractivity (Wildman–Crippen MR) is 99.1 cm³/mol. The Morgan fingerprint density at radius 3 is 2.40 bits per heavy atom. The number of aromatic nitrogens is 2. The summed E-state index contributed by atoms with van der Waals surface area (Å²) in [6, 6.07) is 5.60. The van der Waals surface area contributed by atoms with Crippen molar-refractivity contribution in [1.82, 2.24) is 10.2 Å². The summed E-state index contributed by atoms with van der Waals surface area (Å²) in [4.78, 5) is 12.3. The number of anilines is 1. The van der Waals surface area contributed by atoms with Gasteiger partial charge in [-0.15, -0.1) is 0 Å². The minimum atomic E-state index is -0.111. The van der Waals surface area contributed by atoms with Crippen molar-refractivity contribution in [2.45, 2.75) is 34.1 Å². The molecule has 0 spiro atoms. The number of ether oxygens (including phenoxy) is 2. The highest BCUT2D eigenvalue weighted by molar-refractivity contribution is 5.96. The van der Waals surface area contributed by atoms with Gasteiger partial charge in [0.15, 0.2) is 11.5 Å². The van der Waals surface area contributed by atoms with E-state index in [-0.39, 0.29) is 11.8 Å². The molecule has 2 N–H and O–H groups in total.